The maximum Gasteiger partial charge on any atom is 0.340 e. The lowest BCUT2D eigenvalue weighted by molar-refractivity contribution is -0.123. The fraction of sp³-hybridized carbons (Fsp3) is 0.400. The van der Waals surface area contributed by atoms with Crippen molar-refractivity contribution in [3.05, 3.63) is 45.6 Å². The van der Waals surface area contributed by atoms with E-state index >= 15 is 0 Å². The van der Waals surface area contributed by atoms with Crippen molar-refractivity contribution in [2.24, 2.45) is 0 Å². The second-order valence-electron chi connectivity index (χ2n) is 6.22. The summed E-state index contributed by atoms with van der Waals surface area (Å²) in [5, 5.41) is 4.62. The molecule has 1 aliphatic carbocycles. The van der Waals surface area contributed by atoms with E-state index in [0.717, 1.165) is 24.8 Å². The smallest absolute Gasteiger partial charge is 0.340 e. The highest BCUT2D eigenvalue weighted by Crippen LogP contribution is 2.31. The summed E-state index contributed by atoms with van der Waals surface area (Å²) in [5.41, 5.74) is 2.27. The van der Waals surface area contributed by atoms with Gasteiger partial charge >= 0.3 is 5.97 Å². The number of rotatable bonds is 6. The summed E-state index contributed by atoms with van der Waals surface area (Å²) in [4.78, 5) is 26.2. The Balaban J connectivity index is 1.64. The SMILES string of the molecule is CCOc1ccccc1NC(=O)[C@@H](C)OC(=O)c1csc2c1CCCC2. The minimum Gasteiger partial charge on any atom is -0.492 e. The molecule has 5 nitrogen and oxygen atoms in total. The average Bonchev–Trinajstić information content (AvgIpc) is 3.07. The molecule has 26 heavy (non-hydrogen) atoms. The van der Waals surface area contributed by atoms with Crippen LogP contribution in [0.5, 0.6) is 5.75 Å². The van der Waals surface area contributed by atoms with Gasteiger partial charge in [-0.25, -0.2) is 4.79 Å². The van der Waals surface area contributed by atoms with Crippen LogP contribution >= 0.6 is 11.3 Å². The maximum absolute atomic E-state index is 12.5. The summed E-state index contributed by atoms with van der Waals surface area (Å²) in [6.07, 6.45) is 3.30. The van der Waals surface area contributed by atoms with Gasteiger partial charge in [0.1, 0.15) is 5.75 Å². The lowest BCUT2D eigenvalue weighted by Gasteiger charge is -2.16. The molecule has 0 saturated carbocycles. The van der Waals surface area contributed by atoms with Crippen molar-refractivity contribution >= 4 is 28.9 Å². The predicted molar refractivity (Wildman–Crippen MR) is 102 cm³/mol. The van der Waals surface area contributed by atoms with E-state index in [1.165, 1.54) is 11.3 Å². The molecule has 0 unspecified atom stereocenters. The van der Waals surface area contributed by atoms with Crippen LogP contribution in [0.15, 0.2) is 29.6 Å². The van der Waals surface area contributed by atoms with Crippen molar-refractivity contribution in [2.75, 3.05) is 11.9 Å². The van der Waals surface area contributed by atoms with Crippen molar-refractivity contribution in [3.63, 3.8) is 0 Å². The Morgan fingerprint density at radius 2 is 2.00 bits per heavy atom. The fourth-order valence-corrected chi connectivity index (χ4v) is 4.14. The fourth-order valence-electron chi connectivity index (χ4n) is 3.03. The molecule has 138 valence electrons. The maximum atomic E-state index is 12.5. The first-order valence-electron chi connectivity index (χ1n) is 8.93. The van der Waals surface area contributed by atoms with Crippen molar-refractivity contribution in [2.45, 2.75) is 45.6 Å². The summed E-state index contributed by atoms with van der Waals surface area (Å²) >= 11 is 1.61. The number of hydrogen-bond acceptors (Lipinski definition) is 5. The Bertz CT molecular complexity index is 799. The number of thiophene rings is 1. The summed E-state index contributed by atoms with van der Waals surface area (Å²) in [6.45, 7) is 3.96. The van der Waals surface area contributed by atoms with Gasteiger partial charge < -0.3 is 14.8 Å². The number of hydrogen-bond donors (Lipinski definition) is 1. The number of anilines is 1. The first-order valence-corrected chi connectivity index (χ1v) is 9.81. The van der Waals surface area contributed by atoms with Gasteiger partial charge in [-0.2, -0.15) is 0 Å². The molecule has 3 rings (SSSR count). The van der Waals surface area contributed by atoms with Crippen LogP contribution in [-0.4, -0.2) is 24.6 Å². The number of carbonyl (C=O) groups is 2. The number of nitrogens with one attached hydrogen (secondary N) is 1. The highest BCUT2D eigenvalue weighted by Gasteiger charge is 2.25. The van der Waals surface area contributed by atoms with E-state index in [0.29, 0.717) is 23.6 Å². The molecule has 1 aliphatic rings. The molecule has 0 aliphatic heterocycles. The first-order chi connectivity index (χ1) is 12.6. The number of fused-ring (bicyclic) bond motifs is 1. The van der Waals surface area contributed by atoms with Crippen LogP contribution in [0.2, 0.25) is 0 Å². The summed E-state index contributed by atoms with van der Waals surface area (Å²) < 4.78 is 10.9. The molecular formula is C20H23NO4S. The zero-order chi connectivity index (χ0) is 18.5. The van der Waals surface area contributed by atoms with Crippen LogP contribution in [0, 0.1) is 0 Å². The molecule has 0 fully saturated rings. The van der Waals surface area contributed by atoms with Gasteiger partial charge in [0.05, 0.1) is 17.9 Å². The van der Waals surface area contributed by atoms with Crippen molar-refractivity contribution < 1.29 is 19.1 Å². The number of para-hydroxylation sites is 2. The van der Waals surface area contributed by atoms with Gasteiger partial charge in [-0.1, -0.05) is 12.1 Å². The largest absolute Gasteiger partial charge is 0.492 e. The molecular weight excluding hydrogens is 350 g/mol. The number of carbonyl (C=O) groups excluding carboxylic acids is 2. The monoisotopic (exact) mass is 373 g/mol. The second-order valence-corrected chi connectivity index (χ2v) is 7.19. The third-order valence-corrected chi connectivity index (χ3v) is 5.47. The van der Waals surface area contributed by atoms with E-state index in [-0.39, 0.29) is 5.91 Å². The van der Waals surface area contributed by atoms with Crippen LogP contribution in [0.1, 0.15) is 47.5 Å². The quantitative estimate of drug-likeness (QED) is 0.771. The minimum atomic E-state index is -0.892. The normalized spacial score (nSPS) is 14.2. The van der Waals surface area contributed by atoms with Crippen LogP contribution in [0.25, 0.3) is 0 Å². The molecule has 1 heterocycles. The molecule has 2 aromatic rings. The molecule has 0 radical (unpaired) electrons. The number of benzene rings is 1. The third kappa shape index (κ3) is 4.07. The third-order valence-electron chi connectivity index (χ3n) is 4.38. The topological polar surface area (TPSA) is 64.6 Å². The molecule has 1 atom stereocenters. The molecule has 0 saturated heterocycles. The number of amides is 1. The van der Waals surface area contributed by atoms with E-state index in [1.807, 2.05) is 24.4 Å². The number of esters is 1. The molecule has 0 spiro atoms. The van der Waals surface area contributed by atoms with Crippen molar-refractivity contribution in [3.8, 4) is 5.75 Å². The van der Waals surface area contributed by atoms with Gasteiger partial charge in [-0.15, -0.1) is 11.3 Å². The van der Waals surface area contributed by atoms with E-state index in [9.17, 15) is 9.59 Å². The molecule has 1 amide bonds. The lowest BCUT2D eigenvalue weighted by atomic mass is 9.96. The zero-order valence-corrected chi connectivity index (χ0v) is 15.9. The van der Waals surface area contributed by atoms with Gasteiger partial charge in [0.2, 0.25) is 0 Å². The van der Waals surface area contributed by atoms with E-state index in [2.05, 4.69) is 5.32 Å². The molecule has 1 aromatic carbocycles. The highest BCUT2D eigenvalue weighted by atomic mass is 32.1. The molecule has 1 N–H and O–H groups in total. The molecule has 1 aromatic heterocycles. The summed E-state index contributed by atoms with van der Waals surface area (Å²) in [5.74, 6) is -0.214. The summed E-state index contributed by atoms with van der Waals surface area (Å²) in [7, 11) is 0. The van der Waals surface area contributed by atoms with Crippen LogP contribution < -0.4 is 10.1 Å². The highest BCUT2D eigenvalue weighted by molar-refractivity contribution is 7.10. The Morgan fingerprint density at radius 1 is 1.23 bits per heavy atom. The van der Waals surface area contributed by atoms with E-state index < -0.39 is 12.1 Å². The zero-order valence-electron chi connectivity index (χ0n) is 15.0. The van der Waals surface area contributed by atoms with Gasteiger partial charge in [0.25, 0.3) is 5.91 Å². The molecule has 6 heteroatoms. The minimum absolute atomic E-state index is 0.380. The predicted octanol–water partition coefficient (Wildman–Crippen LogP) is 4.21. The Kier molecular flexibility index (Phi) is 5.93. The average molecular weight is 373 g/mol. The van der Waals surface area contributed by atoms with E-state index in [4.69, 9.17) is 9.47 Å². The second kappa shape index (κ2) is 8.36. The van der Waals surface area contributed by atoms with Crippen LogP contribution in [-0.2, 0) is 22.4 Å². The Hall–Kier alpha value is -2.34. The number of aryl methyl sites for hydroxylation is 1. The van der Waals surface area contributed by atoms with Gasteiger partial charge in [-0.05, 0) is 57.2 Å². The standard InChI is InChI=1S/C20H23NO4S/c1-3-24-17-10-6-5-9-16(17)21-19(22)13(2)25-20(23)15-12-26-18-11-7-4-8-14(15)18/h5-6,9-10,12-13H,3-4,7-8,11H2,1-2H3,(H,21,22)/t13-/m1/s1. The van der Waals surface area contributed by atoms with Crippen LogP contribution in [0.3, 0.4) is 0 Å². The first kappa shape index (κ1) is 18.5. The lowest BCUT2D eigenvalue weighted by Crippen LogP contribution is -2.30. The Labute approximate surface area is 157 Å². The Morgan fingerprint density at radius 3 is 2.81 bits per heavy atom. The van der Waals surface area contributed by atoms with Crippen molar-refractivity contribution in [1.82, 2.24) is 0 Å². The summed E-state index contributed by atoms with van der Waals surface area (Å²) in [6, 6.07) is 7.19. The van der Waals surface area contributed by atoms with Crippen LogP contribution in [0.4, 0.5) is 5.69 Å². The van der Waals surface area contributed by atoms with Gasteiger partial charge in [0.15, 0.2) is 6.10 Å². The number of ether oxygens (including phenoxy) is 2. The van der Waals surface area contributed by atoms with E-state index in [1.54, 1.807) is 30.4 Å². The molecule has 0 bridgehead atoms. The van der Waals surface area contributed by atoms with Crippen molar-refractivity contribution in [1.29, 1.82) is 0 Å². The van der Waals surface area contributed by atoms with Gasteiger partial charge in [0, 0.05) is 10.3 Å². The van der Waals surface area contributed by atoms with Gasteiger partial charge in [-0.3, -0.25) is 4.79 Å².